The first kappa shape index (κ1) is 11.8. The molecule has 2 heteroatoms. The van der Waals surface area contributed by atoms with E-state index in [2.05, 4.69) is 6.92 Å². The van der Waals surface area contributed by atoms with E-state index in [1.54, 1.807) is 12.1 Å². The number of phenolic OH excluding ortho intramolecular Hbond substituents is 2. The monoisotopic (exact) mass is 319 g/mol. The van der Waals surface area contributed by atoms with Crippen LogP contribution in [0.25, 0.3) is 0 Å². The molecule has 1 aliphatic carbocycles. The molecule has 1 aliphatic rings. The minimum Gasteiger partial charge on any atom is -0.507 e. The zero-order chi connectivity index (χ0) is 21.1. The minimum absolute atomic E-state index is 0.0612. The number of unbranched alkanes of at least 4 members (excludes halogenated alkanes) is 2. The number of allylic oxidation sites excluding steroid dienone is 3. The molecular formula is C21H30O2. The van der Waals surface area contributed by atoms with E-state index in [4.69, 9.17) is 6.85 Å². The molecule has 126 valence electrons. The Morgan fingerprint density at radius 2 is 2.09 bits per heavy atom. The minimum atomic E-state index is -2.56. The molecule has 2 nitrogen and oxygen atoms in total. The van der Waals surface area contributed by atoms with E-state index >= 15 is 0 Å². The van der Waals surface area contributed by atoms with E-state index in [1.807, 2.05) is 13.0 Å². The number of aryl methyl sites for hydroxylation is 1. The van der Waals surface area contributed by atoms with Crippen LogP contribution in [-0.2, 0) is 6.42 Å². The van der Waals surface area contributed by atoms with Gasteiger partial charge in [0.05, 0.1) is 2.74 Å². The highest BCUT2D eigenvalue weighted by Crippen LogP contribution is 2.46. The molecule has 0 bridgehead atoms. The molecule has 2 N–H and O–H groups in total. The molecule has 23 heavy (non-hydrogen) atoms. The van der Waals surface area contributed by atoms with Crippen molar-refractivity contribution in [2.75, 3.05) is 0 Å². The Hall–Kier alpha value is -1.70. The van der Waals surface area contributed by atoms with Gasteiger partial charge in [0.25, 0.3) is 0 Å². The van der Waals surface area contributed by atoms with Gasteiger partial charge in [0, 0.05) is 15.6 Å². The first-order valence-electron chi connectivity index (χ1n) is 11.0. The first-order chi connectivity index (χ1) is 13.1. The third-order valence-corrected chi connectivity index (χ3v) is 4.72. The molecule has 0 heterocycles. The number of benzene rings is 1. The molecule has 0 amide bonds. The van der Waals surface area contributed by atoms with Crippen LogP contribution >= 0.6 is 0 Å². The van der Waals surface area contributed by atoms with Gasteiger partial charge in [-0.3, -0.25) is 0 Å². The lowest BCUT2D eigenvalue weighted by Gasteiger charge is -2.31. The van der Waals surface area contributed by atoms with Crippen LogP contribution in [0.2, 0.25) is 0 Å². The molecule has 0 radical (unpaired) electrons. The summed E-state index contributed by atoms with van der Waals surface area (Å²) in [7, 11) is 0. The van der Waals surface area contributed by atoms with Crippen molar-refractivity contribution in [3.05, 3.63) is 47.0 Å². The number of rotatable bonds is 6. The van der Waals surface area contributed by atoms with Crippen molar-refractivity contribution >= 4 is 0 Å². The number of aromatic hydroxyl groups is 2. The predicted molar refractivity (Wildman–Crippen MR) is 97.0 cm³/mol. The lowest BCUT2D eigenvalue weighted by molar-refractivity contribution is 0.406. The molecule has 0 spiro atoms. The van der Waals surface area contributed by atoms with Gasteiger partial charge in [-0.15, -0.1) is 0 Å². The largest absolute Gasteiger partial charge is 0.507 e. The summed E-state index contributed by atoms with van der Waals surface area (Å²) in [5.74, 6) is -1.34. The fraction of sp³-hybridized carbons (Fsp3) is 0.524. The number of phenols is 2. The van der Waals surface area contributed by atoms with Gasteiger partial charge in [-0.1, -0.05) is 43.5 Å². The molecule has 0 unspecified atom stereocenters. The molecular weight excluding hydrogens is 284 g/mol. The summed E-state index contributed by atoms with van der Waals surface area (Å²) < 4.78 is 38.8. The van der Waals surface area contributed by atoms with Gasteiger partial charge in [0.15, 0.2) is 0 Å². The standard InChI is InChI=1S/C21H30O2/c1-5-6-7-8-16-12-19(22)21(20(23)13-16)18-11-15(4)9-10-17(18)14(2)3/h11-13,17-18,22-23H,2,5-10H2,1,3-4H3/t17-,18+/m0/s1/i2D2,3D3. The second-order valence-electron chi connectivity index (χ2n) is 6.60. The van der Waals surface area contributed by atoms with E-state index in [1.165, 1.54) is 0 Å². The molecule has 0 aromatic heterocycles. The van der Waals surface area contributed by atoms with Gasteiger partial charge in [-0.2, -0.15) is 0 Å². The maximum atomic E-state index is 10.7. The lowest BCUT2D eigenvalue weighted by atomic mass is 9.73. The summed E-state index contributed by atoms with van der Waals surface area (Å²) in [4.78, 5) is 0. The highest BCUT2D eigenvalue weighted by Gasteiger charge is 2.29. The zero-order valence-corrected chi connectivity index (χ0v) is 14.0. The highest BCUT2D eigenvalue weighted by atomic mass is 16.3. The Morgan fingerprint density at radius 3 is 2.70 bits per heavy atom. The maximum absolute atomic E-state index is 10.7. The molecule has 2 rings (SSSR count). The van der Waals surface area contributed by atoms with Crippen molar-refractivity contribution in [1.29, 1.82) is 0 Å². The summed E-state index contributed by atoms with van der Waals surface area (Å²) in [6.45, 7) is 0.765. The number of hydrogen-bond donors (Lipinski definition) is 2. The van der Waals surface area contributed by atoms with Crippen LogP contribution in [0.1, 0.15) is 76.7 Å². The van der Waals surface area contributed by atoms with Crippen LogP contribution in [0.3, 0.4) is 0 Å². The molecule has 0 saturated carbocycles. The van der Waals surface area contributed by atoms with Crippen molar-refractivity contribution in [2.45, 2.75) is 65.1 Å². The van der Waals surface area contributed by atoms with Crippen LogP contribution in [-0.4, -0.2) is 10.2 Å². The fourth-order valence-electron chi connectivity index (χ4n) is 3.42. The van der Waals surface area contributed by atoms with Crippen molar-refractivity contribution in [3.63, 3.8) is 0 Å². The Kier molecular flexibility index (Phi) is 3.95. The lowest BCUT2D eigenvalue weighted by Crippen LogP contribution is -2.17. The van der Waals surface area contributed by atoms with E-state index in [-0.39, 0.29) is 22.6 Å². The van der Waals surface area contributed by atoms with Crippen molar-refractivity contribution in [3.8, 4) is 11.5 Å². The summed E-state index contributed by atoms with van der Waals surface area (Å²) in [5.41, 5.74) is 1.94. The van der Waals surface area contributed by atoms with Gasteiger partial charge < -0.3 is 10.2 Å². The van der Waals surface area contributed by atoms with E-state index < -0.39 is 25.2 Å². The smallest absolute Gasteiger partial charge is 0.123 e. The van der Waals surface area contributed by atoms with Gasteiger partial charge in [0.2, 0.25) is 0 Å². The Labute approximate surface area is 147 Å². The van der Waals surface area contributed by atoms with Crippen LogP contribution in [0.5, 0.6) is 11.5 Å². The van der Waals surface area contributed by atoms with Crippen LogP contribution < -0.4 is 0 Å². The predicted octanol–water partition coefficient (Wildman–Crippen LogP) is 5.85. The summed E-state index contributed by atoms with van der Waals surface area (Å²) in [6, 6.07) is 3.28. The average molecular weight is 319 g/mol. The van der Waals surface area contributed by atoms with Crippen LogP contribution in [0, 0.1) is 5.92 Å². The SMILES string of the molecule is [2H]C([2H])=C([C@@H]1CCC(C)=C[C@H]1c1c(O)cc(CCCCC)cc1O)C([2H])([2H])[2H]. The maximum Gasteiger partial charge on any atom is 0.123 e. The molecule has 1 aromatic carbocycles. The van der Waals surface area contributed by atoms with Crippen molar-refractivity contribution < 1.29 is 17.1 Å². The topological polar surface area (TPSA) is 40.5 Å². The molecule has 0 fully saturated rings. The third kappa shape index (κ3) is 4.19. The zero-order valence-electron chi connectivity index (χ0n) is 19.0. The van der Waals surface area contributed by atoms with Gasteiger partial charge in [-0.25, -0.2) is 0 Å². The summed E-state index contributed by atoms with van der Waals surface area (Å²) in [6.07, 6.45) is 6.84. The molecule has 0 aliphatic heterocycles. The van der Waals surface area contributed by atoms with E-state index in [0.29, 0.717) is 12.8 Å². The highest BCUT2D eigenvalue weighted by molar-refractivity contribution is 5.51. The van der Waals surface area contributed by atoms with Crippen molar-refractivity contribution in [2.24, 2.45) is 5.92 Å². The molecule has 0 saturated heterocycles. The Bertz CT molecular complexity index is 738. The summed E-state index contributed by atoms with van der Waals surface area (Å²) >= 11 is 0. The normalized spacial score (nSPS) is 24.6. The van der Waals surface area contributed by atoms with Crippen LogP contribution in [0.4, 0.5) is 0 Å². The van der Waals surface area contributed by atoms with Gasteiger partial charge in [-0.05, 0) is 63.1 Å². The van der Waals surface area contributed by atoms with Gasteiger partial charge >= 0.3 is 0 Å². The van der Waals surface area contributed by atoms with E-state index in [0.717, 1.165) is 36.8 Å². The fourth-order valence-corrected chi connectivity index (χ4v) is 3.42. The number of hydrogen-bond acceptors (Lipinski definition) is 2. The second kappa shape index (κ2) is 7.72. The van der Waals surface area contributed by atoms with Crippen LogP contribution in [0.15, 0.2) is 35.9 Å². The quantitative estimate of drug-likeness (QED) is 0.510. The van der Waals surface area contributed by atoms with Crippen molar-refractivity contribution in [1.82, 2.24) is 0 Å². The third-order valence-electron chi connectivity index (χ3n) is 4.72. The molecule has 2 atom stereocenters. The Morgan fingerprint density at radius 1 is 1.35 bits per heavy atom. The molecule has 1 aromatic rings. The first-order valence-corrected chi connectivity index (χ1v) is 8.46. The van der Waals surface area contributed by atoms with Gasteiger partial charge in [0.1, 0.15) is 11.5 Å². The summed E-state index contributed by atoms with van der Waals surface area (Å²) in [5, 5.41) is 21.3. The van der Waals surface area contributed by atoms with E-state index in [9.17, 15) is 10.2 Å². The average Bonchev–Trinajstić information content (AvgIpc) is 2.55. The second-order valence-corrected chi connectivity index (χ2v) is 6.60. The Balaban J connectivity index is 2.50.